The molecule has 25 heavy (non-hydrogen) atoms. The minimum Gasteiger partial charge on any atom is -0.338 e. The van der Waals surface area contributed by atoms with Crippen LogP contribution >= 0.6 is 11.8 Å². The molecule has 0 unspecified atom stereocenters. The summed E-state index contributed by atoms with van der Waals surface area (Å²) in [5.41, 5.74) is 1.90. The molecule has 2 aliphatic heterocycles. The molecule has 0 atom stereocenters. The first-order valence-corrected chi connectivity index (χ1v) is 9.44. The first-order chi connectivity index (χ1) is 12.0. The molecule has 2 saturated heterocycles. The average Bonchev–Trinajstić information content (AvgIpc) is 3.02. The molecule has 2 fully saturated rings. The van der Waals surface area contributed by atoms with E-state index in [9.17, 15) is 14.4 Å². The van der Waals surface area contributed by atoms with Crippen molar-refractivity contribution in [1.29, 1.82) is 0 Å². The van der Waals surface area contributed by atoms with Gasteiger partial charge in [0.1, 0.15) is 6.54 Å². The van der Waals surface area contributed by atoms with E-state index in [2.05, 4.69) is 5.32 Å². The molecule has 4 amide bonds. The largest absolute Gasteiger partial charge is 0.338 e. The van der Waals surface area contributed by atoms with Crippen LogP contribution in [0, 0.1) is 6.92 Å². The second-order valence-electron chi connectivity index (χ2n) is 6.23. The Bertz CT molecular complexity index is 656. The lowest BCUT2D eigenvalue weighted by Gasteiger charge is -2.35. The van der Waals surface area contributed by atoms with Gasteiger partial charge in [0.15, 0.2) is 0 Å². The number of anilines is 1. The van der Waals surface area contributed by atoms with Gasteiger partial charge in [0, 0.05) is 31.9 Å². The number of hydrogen-bond acceptors (Lipinski definition) is 4. The third kappa shape index (κ3) is 4.45. The number of urea groups is 1. The summed E-state index contributed by atoms with van der Waals surface area (Å²) in [5, 5.41) is 2.88. The Labute approximate surface area is 151 Å². The maximum absolute atomic E-state index is 12.3. The lowest BCUT2D eigenvalue weighted by molar-refractivity contribution is -0.138. The highest BCUT2D eigenvalue weighted by Crippen LogP contribution is 2.15. The molecule has 2 aliphatic rings. The number of piperazine rings is 1. The van der Waals surface area contributed by atoms with E-state index >= 15 is 0 Å². The van der Waals surface area contributed by atoms with Crippen LogP contribution in [-0.4, -0.2) is 76.9 Å². The van der Waals surface area contributed by atoms with Crippen LogP contribution in [-0.2, 0) is 9.59 Å². The van der Waals surface area contributed by atoms with Crippen LogP contribution in [0.3, 0.4) is 0 Å². The van der Waals surface area contributed by atoms with Gasteiger partial charge in [-0.25, -0.2) is 4.79 Å². The Hall–Kier alpha value is -2.22. The number of amides is 4. The number of hydrogen-bond donors (Lipinski definition) is 1. The predicted octanol–water partition coefficient (Wildman–Crippen LogP) is 1.20. The maximum atomic E-state index is 12.3. The van der Waals surface area contributed by atoms with E-state index in [0.29, 0.717) is 37.8 Å². The highest BCUT2D eigenvalue weighted by atomic mass is 32.2. The van der Waals surface area contributed by atoms with Crippen molar-refractivity contribution < 1.29 is 14.4 Å². The number of aryl methyl sites for hydroxylation is 1. The minimum absolute atomic E-state index is 0.0226. The van der Waals surface area contributed by atoms with Gasteiger partial charge in [-0.3, -0.25) is 9.59 Å². The number of thioether (sulfide) groups is 1. The van der Waals surface area contributed by atoms with Crippen LogP contribution in [0.5, 0.6) is 0 Å². The zero-order valence-electron chi connectivity index (χ0n) is 14.2. The van der Waals surface area contributed by atoms with Gasteiger partial charge >= 0.3 is 6.03 Å². The number of nitrogens with one attached hydrogen (secondary N) is 1. The van der Waals surface area contributed by atoms with Gasteiger partial charge < -0.3 is 20.0 Å². The van der Waals surface area contributed by atoms with Gasteiger partial charge in [0.25, 0.3) is 0 Å². The number of rotatable bonds is 3. The van der Waals surface area contributed by atoms with Gasteiger partial charge in [0.2, 0.25) is 11.8 Å². The summed E-state index contributed by atoms with van der Waals surface area (Å²) in [7, 11) is 0. The monoisotopic (exact) mass is 362 g/mol. The fraction of sp³-hybridized carbons (Fsp3) is 0.471. The van der Waals surface area contributed by atoms with Crippen molar-refractivity contribution in [2.45, 2.75) is 6.92 Å². The number of benzene rings is 1. The van der Waals surface area contributed by atoms with Crippen LogP contribution in [0.25, 0.3) is 0 Å². The second kappa shape index (κ2) is 7.77. The molecule has 134 valence electrons. The summed E-state index contributed by atoms with van der Waals surface area (Å²) in [5.74, 6) is 1.02. The van der Waals surface area contributed by atoms with Crippen LogP contribution < -0.4 is 5.32 Å². The van der Waals surface area contributed by atoms with Crippen LogP contribution in [0.1, 0.15) is 5.56 Å². The number of carbonyl (C=O) groups excluding carboxylic acids is 3. The molecular formula is C17H22N4O3S. The van der Waals surface area contributed by atoms with Crippen LogP contribution in [0.4, 0.5) is 10.5 Å². The van der Waals surface area contributed by atoms with Gasteiger partial charge in [-0.2, -0.15) is 0 Å². The quantitative estimate of drug-likeness (QED) is 0.877. The first kappa shape index (κ1) is 17.6. The molecule has 3 rings (SSSR count). The lowest BCUT2D eigenvalue weighted by atomic mass is 10.2. The minimum atomic E-state index is -0.151. The summed E-state index contributed by atoms with van der Waals surface area (Å²) in [4.78, 5) is 41.2. The standard InChI is InChI=1S/C17H22N4O3S/c1-13-2-4-14(5-3-13)18-17(24)20-8-6-19(7-9-20)15(22)10-21-12-25-11-16(21)23/h2-5H,6-12H2,1H3,(H,18,24). The predicted molar refractivity (Wildman–Crippen MR) is 97.4 cm³/mol. The Balaban J connectivity index is 1.46. The lowest BCUT2D eigenvalue weighted by Crippen LogP contribution is -2.53. The van der Waals surface area contributed by atoms with E-state index in [1.165, 1.54) is 11.8 Å². The molecule has 0 aliphatic carbocycles. The van der Waals surface area contributed by atoms with E-state index in [-0.39, 0.29) is 24.4 Å². The Kier molecular flexibility index (Phi) is 5.47. The second-order valence-corrected chi connectivity index (χ2v) is 7.19. The Morgan fingerprint density at radius 3 is 2.32 bits per heavy atom. The van der Waals surface area contributed by atoms with Crippen LogP contribution in [0.2, 0.25) is 0 Å². The van der Waals surface area contributed by atoms with E-state index in [1.54, 1.807) is 14.7 Å². The Morgan fingerprint density at radius 2 is 1.72 bits per heavy atom. The Morgan fingerprint density at radius 1 is 1.08 bits per heavy atom. The smallest absolute Gasteiger partial charge is 0.321 e. The highest BCUT2D eigenvalue weighted by molar-refractivity contribution is 8.00. The van der Waals surface area contributed by atoms with Gasteiger partial charge in [-0.15, -0.1) is 11.8 Å². The van der Waals surface area contributed by atoms with Crippen molar-refractivity contribution in [2.24, 2.45) is 0 Å². The summed E-state index contributed by atoms with van der Waals surface area (Å²) in [6.07, 6.45) is 0. The zero-order chi connectivity index (χ0) is 17.8. The average molecular weight is 362 g/mol. The summed E-state index contributed by atoms with van der Waals surface area (Å²) < 4.78 is 0. The SMILES string of the molecule is Cc1ccc(NC(=O)N2CCN(C(=O)CN3CSCC3=O)CC2)cc1. The fourth-order valence-electron chi connectivity index (χ4n) is 2.80. The van der Waals surface area contributed by atoms with Crippen molar-refractivity contribution >= 4 is 35.3 Å². The third-order valence-corrected chi connectivity index (χ3v) is 5.32. The van der Waals surface area contributed by atoms with E-state index < -0.39 is 0 Å². The molecule has 7 nitrogen and oxygen atoms in total. The van der Waals surface area contributed by atoms with Crippen molar-refractivity contribution in [3.05, 3.63) is 29.8 Å². The molecule has 0 radical (unpaired) electrons. The molecule has 1 N–H and O–H groups in total. The first-order valence-electron chi connectivity index (χ1n) is 8.29. The third-order valence-electron chi connectivity index (χ3n) is 4.37. The molecule has 0 saturated carbocycles. The zero-order valence-corrected chi connectivity index (χ0v) is 15.1. The molecular weight excluding hydrogens is 340 g/mol. The van der Waals surface area contributed by atoms with E-state index in [4.69, 9.17) is 0 Å². The van der Waals surface area contributed by atoms with Crippen molar-refractivity contribution in [1.82, 2.24) is 14.7 Å². The summed E-state index contributed by atoms with van der Waals surface area (Å²) in [6.45, 7) is 4.11. The molecule has 2 heterocycles. The number of carbonyl (C=O) groups is 3. The molecule has 1 aromatic rings. The van der Waals surface area contributed by atoms with Crippen molar-refractivity contribution in [3.63, 3.8) is 0 Å². The van der Waals surface area contributed by atoms with Gasteiger partial charge in [-0.1, -0.05) is 17.7 Å². The molecule has 0 spiro atoms. The van der Waals surface area contributed by atoms with Gasteiger partial charge in [0.05, 0.1) is 11.6 Å². The maximum Gasteiger partial charge on any atom is 0.321 e. The van der Waals surface area contributed by atoms with Crippen molar-refractivity contribution in [3.8, 4) is 0 Å². The number of nitrogens with zero attached hydrogens (tertiary/aromatic N) is 3. The summed E-state index contributed by atoms with van der Waals surface area (Å²) >= 11 is 1.53. The summed E-state index contributed by atoms with van der Waals surface area (Å²) in [6, 6.07) is 7.49. The molecule has 8 heteroatoms. The normalized spacial score (nSPS) is 17.8. The molecule has 0 aromatic heterocycles. The highest BCUT2D eigenvalue weighted by Gasteiger charge is 2.28. The van der Waals surface area contributed by atoms with E-state index in [1.807, 2.05) is 31.2 Å². The van der Waals surface area contributed by atoms with Crippen LogP contribution in [0.15, 0.2) is 24.3 Å². The topological polar surface area (TPSA) is 73.0 Å². The van der Waals surface area contributed by atoms with E-state index in [0.717, 1.165) is 11.3 Å². The van der Waals surface area contributed by atoms with Crippen molar-refractivity contribution in [2.75, 3.05) is 49.7 Å². The fourth-order valence-corrected chi connectivity index (χ4v) is 3.71. The molecule has 1 aromatic carbocycles. The molecule has 0 bridgehead atoms. The van der Waals surface area contributed by atoms with Gasteiger partial charge in [-0.05, 0) is 19.1 Å².